The van der Waals surface area contributed by atoms with Crippen LogP contribution < -0.4 is 38.5 Å². The standard InChI is InChI=1S/C30H60N8O9/c1-22(2)26(29(42)36-24(27(32)40)9-7-11-35-30(33)43)37-25(39)10-14-44-16-18-46-20-21-47-19-17-45-15-12-34-28(41)23(31)8-5-6-13-38(3)4/h22-24,26H,5-21,31H2,1-4H3,(H2,32,40)(H,34,41)(H,36,42)(H,37,39)(H3,33,35,43). The van der Waals surface area contributed by atoms with E-state index in [-0.39, 0.29) is 50.3 Å². The van der Waals surface area contributed by atoms with Gasteiger partial charge in [-0.25, -0.2) is 4.79 Å². The van der Waals surface area contributed by atoms with Crippen LogP contribution in [0.5, 0.6) is 0 Å². The van der Waals surface area contributed by atoms with Crippen LogP contribution in [0.2, 0.25) is 0 Å². The number of carbonyl (C=O) groups is 5. The van der Waals surface area contributed by atoms with E-state index in [1.807, 2.05) is 14.1 Å². The highest BCUT2D eigenvalue weighted by Gasteiger charge is 2.27. The van der Waals surface area contributed by atoms with Crippen molar-refractivity contribution in [2.75, 3.05) is 86.6 Å². The molecule has 0 aromatic rings. The number of unbranched alkanes of at least 4 members (excludes halogenated alkanes) is 1. The van der Waals surface area contributed by atoms with Crippen molar-refractivity contribution in [3.63, 3.8) is 0 Å². The van der Waals surface area contributed by atoms with Crippen LogP contribution in [0, 0.1) is 5.92 Å². The van der Waals surface area contributed by atoms with Crippen molar-refractivity contribution in [1.29, 1.82) is 0 Å². The first-order valence-corrected chi connectivity index (χ1v) is 16.3. The van der Waals surface area contributed by atoms with Gasteiger partial charge in [0.15, 0.2) is 0 Å². The number of ether oxygens (including phenoxy) is 4. The Labute approximate surface area is 279 Å². The van der Waals surface area contributed by atoms with Crippen LogP contribution >= 0.6 is 0 Å². The van der Waals surface area contributed by atoms with Gasteiger partial charge in [-0.15, -0.1) is 0 Å². The van der Waals surface area contributed by atoms with Crippen molar-refractivity contribution in [2.24, 2.45) is 23.1 Å². The third-order valence-corrected chi connectivity index (χ3v) is 6.74. The maximum absolute atomic E-state index is 12.8. The third-order valence-electron chi connectivity index (χ3n) is 6.74. The lowest BCUT2D eigenvalue weighted by Gasteiger charge is -2.24. The minimum atomic E-state index is -0.957. The first-order valence-electron chi connectivity index (χ1n) is 16.3. The lowest BCUT2D eigenvalue weighted by Crippen LogP contribution is -2.54. The molecule has 0 heterocycles. The van der Waals surface area contributed by atoms with Crippen molar-refractivity contribution in [3.8, 4) is 0 Å². The number of amides is 6. The quantitative estimate of drug-likeness (QED) is 0.0417. The molecular weight excluding hydrogens is 616 g/mol. The fourth-order valence-electron chi connectivity index (χ4n) is 4.07. The minimum Gasteiger partial charge on any atom is -0.379 e. The molecule has 0 bridgehead atoms. The molecule has 0 fully saturated rings. The van der Waals surface area contributed by atoms with Crippen LogP contribution in [0.1, 0.15) is 52.4 Å². The minimum absolute atomic E-state index is 0.0329. The number of primary amides is 2. The molecule has 0 aliphatic rings. The van der Waals surface area contributed by atoms with E-state index < -0.39 is 36.0 Å². The Balaban J connectivity index is 3.87. The van der Waals surface area contributed by atoms with Crippen LogP contribution in [-0.2, 0) is 38.1 Å². The van der Waals surface area contributed by atoms with Gasteiger partial charge in [-0.1, -0.05) is 20.3 Å². The number of rotatable bonds is 30. The molecule has 0 aliphatic heterocycles. The van der Waals surface area contributed by atoms with Crippen LogP contribution in [0.4, 0.5) is 4.79 Å². The smallest absolute Gasteiger partial charge is 0.312 e. The average Bonchev–Trinajstić information content (AvgIpc) is 3.00. The molecule has 0 aliphatic carbocycles. The topological polar surface area (TPSA) is 252 Å². The van der Waals surface area contributed by atoms with Crippen molar-refractivity contribution < 1.29 is 42.9 Å². The predicted molar refractivity (Wildman–Crippen MR) is 176 cm³/mol. The zero-order chi connectivity index (χ0) is 35.5. The molecule has 274 valence electrons. The van der Waals surface area contributed by atoms with E-state index in [0.29, 0.717) is 59.0 Å². The van der Waals surface area contributed by atoms with Crippen LogP contribution in [0.15, 0.2) is 0 Å². The Hall–Kier alpha value is -3.09. The van der Waals surface area contributed by atoms with Gasteiger partial charge in [-0.05, 0) is 52.2 Å². The van der Waals surface area contributed by atoms with Crippen LogP contribution in [0.25, 0.3) is 0 Å². The highest BCUT2D eigenvalue weighted by Crippen LogP contribution is 2.05. The average molecular weight is 677 g/mol. The highest BCUT2D eigenvalue weighted by atomic mass is 16.6. The van der Waals surface area contributed by atoms with Gasteiger partial charge < -0.3 is 62.3 Å². The van der Waals surface area contributed by atoms with Gasteiger partial charge in [0.05, 0.1) is 58.9 Å². The Morgan fingerprint density at radius 3 is 1.79 bits per heavy atom. The lowest BCUT2D eigenvalue weighted by molar-refractivity contribution is -0.132. The van der Waals surface area contributed by atoms with Crippen LogP contribution in [-0.4, -0.2) is 139 Å². The Bertz CT molecular complexity index is 895. The molecule has 0 saturated carbocycles. The summed E-state index contributed by atoms with van der Waals surface area (Å²) in [7, 11) is 4.03. The van der Waals surface area contributed by atoms with Gasteiger partial charge in [0.1, 0.15) is 12.1 Å². The summed E-state index contributed by atoms with van der Waals surface area (Å²) >= 11 is 0. The SMILES string of the molecule is CC(C)C(NC(=O)CCOCCOCCOCCOCCNC(=O)C(N)CCCCN(C)C)C(=O)NC(CCCNC(N)=O)C(N)=O. The summed E-state index contributed by atoms with van der Waals surface area (Å²) in [5.41, 5.74) is 16.3. The molecule has 0 saturated heterocycles. The normalized spacial score (nSPS) is 13.2. The molecule has 10 N–H and O–H groups in total. The van der Waals surface area contributed by atoms with Gasteiger partial charge in [0.25, 0.3) is 0 Å². The van der Waals surface area contributed by atoms with E-state index in [0.717, 1.165) is 19.4 Å². The maximum atomic E-state index is 12.8. The summed E-state index contributed by atoms with van der Waals surface area (Å²) in [4.78, 5) is 61.8. The van der Waals surface area contributed by atoms with Crippen LogP contribution in [0.3, 0.4) is 0 Å². The van der Waals surface area contributed by atoms with Gasteiger partial charge in [0.2, 0.25) is 23.6 Å². The molecule has 0 spiro atoms. The molecule has 17 heteroatoms. The molecule has 17 nitrogen and oxygen atoms in total. The lowest BCUT2D eigenvalue weighted by atomic mass is 10.0. The molecule has 0 rings (SSSR count). The van der Waals surface area contributed by atoms with Gasteiger partial charge in [-0.3, -0.25) is 19.2 Å². The Morgan fingerprint density at radius 1 is 0.681 bits per heavy atom. The monoisotopic (exact) mass is 676 g/mol. The fraction of sp³-hybridized carbons (Fsp3) is 0.833. The number of nitrogens with zero attached hydrogens (tertiary/aromatic N) is 1. The van der Waals surface area contributed by atoms with Crippen molar-refractivity contribution in [3.05, 3.63) is 0 Å². The van der Waals surface area contributed by atoms with Gasteiger partial charge in [0, 0.05) is 19.5 Å². The van der Waals surface area contributed by atoms with E-state index in [2.05, 4.69) is 26.2 Å². The Kier molecular flexibility index (Phi) is 26.1. The zero-order valence-electron chi connectivity index (χ0n) is 28.7. The first-order chi connectivity index (χ1) is 22.3. The first kappa shape index (κ1) is 43.9. The zero-order valence-corrected chi connectivity index (χ0v) is 28.7. The van der Waals surface area contributed by atoms with Crippen molar-refractivity contribution >= 4 is 29.7 Å². The molecule has 0 aromatic carbocycles. The predicted octanol–water partition coefficient (Wildman–Crippen LogP) is -1.82. The molecule has 0 aromatic heterocycles. The summed E-state index contributed by atoms with van der Waals surface area (Å²) in [6.45, 7) is 7.75. The molecule has 3 unspecified atom stereocenters. The number of hydrogen-bond donors (Lipinski definition) is 7. The van der Waals surface area contributed by atoms with Gasteiger partial charge >= 0.3 is 6.03 Å². The second-order valence-corrected chi connectivity index (χ2v) is 11.6. The number of carbonyl (C=O) groups excluding carboxylic acids is 5. The number of nitrogens with one attached hydrogen (secondary N) is 4. The molecule has 0 radical (unpaired) electrons. The summed E-state index contributed by atoms with van der Waals surface area (Å²) < 4.78 is 21.8. The summed E-state index contributed by atoms with van der Waals surface area (Å²) in [6, 6.07) is -3.02. The largest absolute Gasteiger partial charge is 0.379 e. The molecular formula is C30H60N8O9. The van der Waals surface area contributed by atoms with E-state index in [1.165, 1.54) is 0 Å². The molecule has 3 atom stereocenters. The fourth-order valence-corrected chi connectivity index (χ4v) is 4.07. The number of nitrogens with two attached hydrogens (primary N) is 3. The number of hydrogen-bond acceptors (Lipinski definition) is 11. The van der Waals surface area contributed by atoms with Gasteiger partial charge in [-0.2, -0.15) is 0 Å². The summed E-state index contributed by atoms with van der Waals surface area (Å²) in [5.74, 6) is -2.05. The third kappa shape index (κ3) is 25.7. The summed E-state index contributed by atoms with van der Waals surface area (Å²) in [5, 5.41) is 10.4. The van der Waals surface area contributed by atoms with E-state index in [1.54, 1.807) is 13.8 Å². The van der Waals surface area contributed by atoms with E-state index in [4.69, 9.17) is 36.1 Å². The second kappa shape index (κ2) is 28.0. The van der Waals surface area contributed by atoms with Crippen molar-refractivity contribution in [1.82, 2.24) is 26.2 Å². The van der Waals surface area contributed by atoms with E-state index in [9.17, 15) is 24.0 Å². The summed E-state index contributed by atoms with van der Waals surface area (Å²) in [6.07, 6.45) is 3.18. The molecule has 47 heavy (non-hydrogen) atoms. The van der Waals surface area contributed by atoms with E-state index >= 15 is 0 Å². The Morgan fingerprint density at radius 2 is 1.26 bits per heavy atom. The second-order valence-electron chi connectivity index (χ2n) is 11.6. The van der Waals surface area contributed by atoms with Crippen molar-refractivity contribution in [2.45, 2.75) is 70.5 Å². The highest BCUT2D eigenvalue weighted by molar-refractivity contribution is 5.91. The maximum Gasteiger partial charge on any atom is 0.312 e. The number of urea groups is 1. The molecule has 6 amide bonds.